The summed E-state index contributed by atoms with van der Waals surface area (Å²) in [7, 11) is 4.03. The first-order valence-corrected chi connectivity index (χ1v) is 8.86. The maximum Gasteiger partial charge on any atom is 0.254 e. The third-order valence-electron chi connectivity index (χ3n) is 5.13. The topological polar surface area (TPSA) is 100.0 Å². The van der Waals surface area contributed by atoms with Crippen molar-refractivity contribution in [2.75, 3.05) is 19.4 Å². The molecule has 0 saturated heterocycles. The molecule has 0 aliphatic heterocycles. The zero-order chi connectivity index (χ0) is 19.6. The van der Waals surface area contributed by atoms with Gasteiger partial charge in [-0.1, -0.05) is 0 Å². The molecule has 1 aliphatic carbocycles. The second-order valence-corrected chi connectivity index (χ2v) is 7.10. The molecule has 7 nitrogen and oxygen atoms in total. The second kappa shape index (κ2) is 7.76. The molecule has 1 fully saturated rings. The van der Waals surface area contributed by atoms with E-state index >= 15 is 0 Å². The molecule has 0 spiro atoms. The van der Waals surface area contributed by atoms with Gasteiger partial charge in [0.05, 0.1) is 18.0 Å². The predicted molar refractivity (Wildman–Crippen MR) is 99.9 cm³/mol. The van der Waals surface area contributed by atoms with Gasteiger partial charge in [-0.15, -0.1) is 0 Å². The van der Waals surface area contributed by atoms with Gasteiger partial charge in [0.25, 0.3) is 5.91 Å². The Labute approximate surface area is 157 Å². The quantitative estimate of drug-likeness (QED) is 0.843. The summed E-state index contributed by atoms with van der Waals surface area (Å²) < 4.78 is 14.8. The predicted octanol–water partition coefficient (Wildman–Crippen LogP) is 2.66. The zero-order valence-electron chi connectivity index (χ0n) is 15.4. The third kappa shape index (κ3) is 4.09. The van der Waals surface area contributed by atoms with Gasteiger partial charge < -0.3 is 16.0 Å². The highest BCUT2D eigenvalue weighted by Gasteiger charge is 2.34. The van der Waals surface area contributed by atoms with E-state index < -0.39 is 5.91 Å². The molecule has 0 radical (unpaired) electrons. The smallest absolute Gasteiger partial charge is 0.254 e. The van der Waals surface area contributed by atoms with Gasteiger partial charge in [0.15, 0.2) is 5.82 Å². The van der Waals surface area contributed by atoms with Gasteiger partial charge in [-0.25, -0.2) is 4.39 Å². The molecule has 1 saturated carbocycles. The first-order chi connectivity index (χ1) is 12.9. The van der Waals surface area contributed by atoms with Gasteiger partial charge in [0.2, 0.25) is 0 Å². The fraction of sp³-hybridized carbons (Fsp3) is 0.421. The number of primary amides is 1. The number of carbonyl (C=O) groups excluding carboxylic acids is 1. The first-order valence-electron chi connectivity index (χ1n) is 8.86. The molecule has 27 heavy (non-hydrogen) atoms. The number of amides is 1. The number of anilines is 2. The Morgan fingerprint density at radius 1 is 1.37 bits per heavy atom. The molecular weight excluding hydrogens is 347 g/mol. The van der Waals surface area contributed by atoms with Crippen LogP contribution < -0.4 is 11.1 Å². The molecule has 0 bridgehead atoms. The van der Waals surface area contributed by atoms with E-state index in [0.29, 0.717) is 17.5 Å². The maximum absolute atomic E-state index is 13.1. The lowest BCUT2D eigenvalue weighted by atomic mass is 9.82. The van der Waals surface area contributed by atoms with Gasteiger partial charge in [-0.3, -0.25) is 9.48 Å². The van der Waals surface area contributed by atoms with E-state index in [1.165, 1.54) is 12.1 Å². The molecule has 3 N–H and O–H groups in total. The number of nitrogens with two attached hydrogens (primary N) is 1. The van der Waals surface area contributed by atoms with Crippen LogP contribution in [0, 0.1) is 23.1 Å². The van der Waals surface area contributed by atoms with Crippen LogP contribution >= 0.6 is 0 Å². The van der Waals surface area contributed by atoms with Gasteiger partial charge in [0.1, 0.15) is 11.4 Å². The number of rotatable bonds is 5. The summed E-state index contributed by atoms with van der Waals surface area (Å²) in [6.45, 7) is 0. The number of aromatic nitrogens is 2. The Kier molecular flexibility index (Phi) is 5.42. The fourth-order valence-electron chi connectivity index (χ4n) is 3.56. The van der Waals surface area contributed by atoms with E-state index in [-0.39, 0.29) is 23.3 Å². The lowest BCUT2D eigenvalue weighted by molar-refractivity contribution is 0.100. The van der Waals surface area contributed by atoms with Crippen LogP contribution in [-0.4, -0.2) is 40.7 Å². The van der Waals surface area contributed by atoms with Crippen molar-refractivity contribution in [1.29, 1.82) is 5.26 Å². The summed E-state index contributed by atoms with van der Waals surface area (Å²) in [6, 6.07) is 8.37. The van der Waals surface area contributed by atoms with Crippen molar-refractivity contribution >= 4 is 17.4 Å². The number of nitrogens with zero attached hydrogens (tertiary/aromatic N) is 4. The van der Waals surface area contributed by atoms with E-state index in [9.17, 15) is 14.4 Å². The molecule has 2 aromatic rings. The molecule has 3 unspecified atom stereocenters. The van der Waals surface area contributed by atoms with Crippen LogP contribution in [0.15, 0.2) is 30.5 Å². The minimum absolute atomic E-state index is 0.118. The van der Waals surface area contributed by atoms with E-state index in [4.69, 9.17) is 5.73 Å². The van der Waals surface area contributed by atoms with E-state index in [0.717, 1.165) is 19.3 Å². The molecule has 3 atom stereocenters. The number of halogens is 1. The summed E-state index contributed by atoms with van der Waals surface area (Å²) in [5.41, 5.74) is 6.34. The van der Waals surface area contributed by atoms with Crippen LogP contribution in [0.3, 0.4) is 0 Å². The summed E-state index contributed by atoms with van der Waals surface area (Å²) >= 11 is 0. The minimum Gasteiger partial charge on any atom is -0.365 e. The molecule has 1 aromatic heterocycles. The Morgan fingerprint density at radius 3 is 2.67 bits per heavy atom. The Morgan fingerprint density at radius 2 is 2.07 bits per heavy atom. The van der Waals surface area contributed by atoms with Crippen LogP contribution in [0.5, 0.6) is 0 Å². The number of hydrogen-bond donors (Lipinski definition) is 2. The first kappa shape index (κ1) is 18.9. The average molecular weight is 370 g/mol. The number of hydrogen-bond acceptors (Lipinski definition) is 5. The Hall–Kier alpha value is -2.92. The second-order valence-electron chi connectivity index (χ2n) is 7.10. The van der Waals surface area contributed by atoms with Crippen molar-refractivity contribution in [3.8, 4) is 6.07 Å². The van der Waals surface area contributed by atoms with Crippen LogP contribution in [0.4, 0.5) is 15.9 Å². The van der Waals surface area contributed by atoms with Gasteiger partial charge >= 0.3 is 0 Å². The Balaban J connectivity index is 1.87. The average Bonchev–Trinajstić information content (AvgIpc) is 3.07. The number of benzene rings is 1. The lowest BCUT2D eigenvalue weighted by Gasteiger charge is -2.35. The largest absolute Gasteiger partial charge is 0.365 e. The van der Waals surface area contributed by atoms with Gasteiger partial charge in [0, 0.05) is 17.9 Å². The summed E-state index contributed by atoms with van der Waals surface area (Å²) in [6.07, 6.45) is 4.08. The zero-order valence-corrected chi connectivity index (χ0v) is 15.4. The van der Waals surface area contributed by atoms with Gasteiger partial charge in [-0.2, -0.15) is 10.4 Å². The number of carbonyl (C=O) groups is 1. The summed E-state index contributed by atoms with van der Waals surface area (Å²) in [5, 5.41) is 17.1. The van der Waals surface area contributed by atoms with E-state index in [1.807, 2.05) is 14.1 Å². The Bertz CT molecular complexity index is 854. The summed E-state index contributed by atoms with van der Waals surface area (Å²) in [4.78, 5) is 14.0. The molecule has 142 valence electrons. The monoisotopic (exact) mass is 370 g/mol. The van der Waals surface area contributed by atoms with Crippen molar-refractivity contribution in [3.63, 3.8) is 0 Å². The third-order valence-corrected chi connectivity index (χ3v) is 5.13. The van der Waals surface area contributed by atoms with E-state index in [2.05, 4.69) is 21.4 Å². The highest BCUT2D eigenvalue weighted by Crippen LogP contribution is 2.36. The van der Waals surface area contributed by atoms with Crippen LogP contribution in [0.1, 0.15) is 35.7 Å². The van der Waals surface area contributed by atoms with Crippen molar-refractivity contribution in [2.24, 2.45) is 11.7 Å². The lowest BCUT2D eigenvalue weighted by Crippen LogP contribution is -2.37. The number of nitrogens with one attached hydrogen (secondary N) is 1. The van der Waals surface area contributed by atoms with Crippen LogP contribution in [-0.2, 0) is 0 Å². The molecule has 1 amide bonds. The van der Waals surface area contributed by atoms with Crippen LogP contribution in [0.2, 0.25) is 0 Å². The van der Waals surface area contributed by atoms with Crippen molar-refractivity contribution in [1.82, 2.24) is 14.7 Å². The summed E-state index contributed by atoms with van der Waals surface area (Å²) in [5.74, 6) is -0.858. The minimum atomic E-state index is -0.610. The van der Waals surface area contributed by atoms with Crippen molar-refractivity contribution in [3.05, 3.63) is 41.8 Å². The van der Waals surface area contributed by atoms with E-state index in [1.54, 1.807) is 23.0 Å². The molecule has 1 heterocycles. The molecule has 1 aromatic carbocycles. The molecule has 1 aliphatic rings. The highest BCUT2D eigenvalue weighted by atomic mass is 19.1. The standard InChI is InChI=1S/C19H23FN6O/c1-25(2)15-7-8-17(12(9-15)10-21)26-11-16(18(22)27)19(24-26)23-14-5-3-13(20)4-6-14/h3-6,11-12,15,17H,7-9H2,1-2H3,(H2,22,27)(H,23,24). The molecule has 8 heteroatoms. The molecular formula is C19H23FN6O. The molecule has 3 rings (SSSR count). The maximum atomic E-state index is 13.1. The number of nitriles is 1. The fourth-order valence-corrected chi connectivity index (χ4v) is 3.56. The SMILES string of the molecule is CN(C)C1CCC(n2cc(C(N)=O)c(Nc3ccc(F)cc3)n2)C(C#N)C1. The van der Waals surface area contributed by atoms with Crippen LogP contribution in [0.25, 0.3) is 0 Å². The highest BCUT2D eigenvalue weighted by molar-refractivity contribution is 5.98. The van der Waals surface area contributed by atoms with Crippen molar-refractivity contribution < 1.29 is 9.18 Å². The normalized spacial score (nSPS) is 22.4. The van der Waals surface area contributed by atoms with Gasteiger partial charge in [-0.05, 0) is 57.6 Å². The van der Waals surface area contributed by atoms with Crippen molar-refractivity contribution in [2.45, 2.75) is 31.3 Å².